The standard InChI is InChI=1S/C13H20N2O4/c1-2-9(16)5-6-14-13(17)11-12(19-8-15-11)10-4-3-7-18-10/h8-10,16H,2-7H2,1H3,(H,14,17). The SMILES string of the molecule is CCC(O)CCNC(=O)c1ncoc1C1CCCO1. The number of hydrogen-bond donors (Lipinski definition) is 2. The van der Waals surface area contributed by atoms with E-state index in [-0.39, 0.29) is 23.8 Å². The van der Waals surface area contributed by atoms with Crippen LogP contribution in [0.15, 0.2) is 10.8 Å². The number of carbonyl (C=O) groups is 1. The molecule has 2 unspecified atom stereocenters. The number of nitrogens with zero attached hydrogens (tertiary/aromatic N) is 1. The highest BCUT2D eigenvalue weighted by molar-refractivity contribution is 5.93. The van der Waals surface area contributed by atoms with Crippen LogP contribution < -0.4 is 5.32 Å². The quantitative estimate of drug-likeness (QED) is 0.815. The van der Waals surface area contributed by atoms with Gasteiger partial charge in [-0.05, 0) is 25.7 Å². The van der Waals surface area contributed by atoms with Crippen LogP contribution in [-0.4, -0.2) is 35.3 Å². The number of aliphatic hydroxyl groups excluding tert-OH is 1. The van der Waals surface area contributed by atoms with E-state index in [4.69, 9.17) is 9.15 Å². The Morgan fingerprint density at radius 3 is 3.21 bits per heavy atom. The van der Waals surface area contributed by atoms with Crippen LogP contribution in [0.4, 0.5) is 0 Å². The molecule has 1 fully saturated rings. The fourth-order valence-electron chi connectivity index (χ4n) is 2.08. The van der Waals surface area contributed by atoms with Gasteiger partial charge in [-0.1, -0.05) is 6.92 Å². The van der Waals surface area contributed by atoms with Crippen molar-refractivity contribution < 1.29 is 19.1 Å². The van der Waals surface area contributed by atoms with Crippen LogP contribution >= 0.6 is 0 Å². The van der Waals surface area contributed by atoms with E-state index in [9.17, 15) is 9.90 Å². The number of nitrogens with one attached hydrogen (secondary N) is 1. The largest absolute Gasteiger partial charge is 0.445 e. The van der Waals surface area contributed by atoms with Crippen molar-refractivity contribution in [3.05, 3.63) is 17.8 Å². The van der Waals surface area contributed by atoms with Gasteiger partial charge in [-0.3, -0.25) is 4.79 Å². The first-order valence-electron chi connectivity index (χ1n) is 6.73. The van der Waals surface area contributed by atoms with Gasteiger partial charge in [0.05, 0.1) is 6.10 Å². The molecule has 1 aromatic heterocycles. The van der Waals surface area contributed by atoms with Gasteiger partial charge in [0.1, 0.15) is 6.10 Å². The zero-order valence-corrected chi connectivity index (χ0v) is 11.1. The van der Waals surface area contributed by atoms with E-state index in [0.717, 1.165) is 12.8 Å². The molecule has 0 aromatic carbocycles. The molecule has 1 amide bonds. The Hall–Kier alpha value is -1.40. The van der Waals surface area contributed by atoms with Crippen LogP contribution in [0.1, 0.15) is 55.0 Å². The van der Waals surface area contributed by atoms with Gasteiger partial charge < -0.3 is 19.6 Å². The first-order chi connectivity index (χ1) is 9.22. The molecule has 0 aliphatic carbocycles. The Morgan fingerprint density at radius 1 is 1.68 bits per heavy atom. The van der Waals surface area contributed by atoms with Gasteiger partial charge in [0.15, 0.2) is 17.8 Å². The normalized spacial score (nSPS) is 20.4. The molecule has 0 bridgehead atoms. The van der Waals surface area contributed by atoms with Gasteiger partial charge in [-0.2, -0.15) is 0 Å². The number of aliphatic hydroxyl groups is 1. The predicted molar refractivity (Wildman–Crippen MR) is 67.7 cm³/mol. The maximum absolute atomic E-state index is 12.0. The van der Waals surface area contributed by atoms with E-state index in [1.54, 1.807) is 0 Å². The molecule has 0 saturated carbocycles. The van der Waals surface area contributed by atoms with Gasteiger partial charge >= 0.3 is 0 Å². The molecule has 1 aliphatic rings. The monoisotopic (exact) mass is 268 g/mol. The van der Waals surface area contributed by atoms with Gasteiger partial charge in [-0.25, -0.2) is 4.98 Å². The number of aromatic nitrogens is 1. The summed E-state index contributed by atoms with van der Waals surface area (Å²) < 4.78 is 10.8. The third kappa shape index (κ3) is 3.54. The Bertz CT molecular complexity index is 413. The zero-order chi connectivity index (χ0) is 13.7. The topological polar surface area (TPSA) is 84.6 Å². The lowest BCUT2D eigenvalue weighted by Gasteiger charge is -2.10. The van der Waals surface area contributed by atoms with Crippen LogP contribution in [0.2, 0.25) is 0 Å². The second-order valence-corrected chi connectivity index (χ2v) is 4.67. The molecule has 6 nitrogen and oxygen atoms in total. The highest BCUT2D eigenvalue weighted by atomic mass is 16.5. The highest BCUT2D eigenvalue weighted by Crippen LogP contribution is 2.30. The van der Waals surface area contributed by atoms with E-state index in [1.807, 2.05) is 6.92 Å². The van der Waals surface area contributed by atoms with Crippen molar-refractivity contribution in [2.45, 2.75) is 44.8 Å². The summed E-state index contributed by atoms with van der Waals surface area (Å²) in [7, 11) is 0. The third-order valence-corrected chi connectivity index (χ3v) is 3.27. The fraction of sp³-hybridized carbons (Fsp3) is 0.692. The highest BCUT2D eigenvalue weighted by Gasteiger charge is 2.27. The van der Waals surface area contributed by atoms with Gasteiger partial charge in [0.25, 0.3) is 5.91 Å². The molecule has 0 radical (unpaired) electrons. The van der Waals surface area contributed by atoms with Gasteiger partial charge in [0.2, 0.25) is 0 Å². The number of carbonyl (C=O) groups excluding carboxylic acids is 1. The van der Waals surface area contributed by atoms with Crippen LogP contribution in [0.5, 0.6) is 0 Å². The molecule has 0 spiro atoms. The van der Waals surface area contributed by atoms with Gasteiger partial charge in [0, 0.05) is 13.2 Å². The summed E-state index contributed by atoms with van der Waals surface area (Å²) in [6.07, 6.45) is 3.77. The molecule has 2 rings (SSSR count). The Labute approximate surface area is 112 Å². The smallest absolute Gasteiger partial charge is 0.273 e. The lowest BCUT2D eigenvalue weighted by molar-refractivity contribution is 0.0856. The van der Waals surface area contributed by atoms with Crippen molar-refractivity contribution in [2.24, 2.45) is 0 Å². The fourth-order valence-corrected chi connectivity index (χ4v) is 2.08. The van der Waals surface area contributed by atoms with Crippen molar-refractivity contribution >= 4 is 5.91 Å². The summed E-state index contributed by atoms with van der Waals surface area (Å²) in [5.41, 5.74) is 0.290. The van der Waals surface area contributed by atoms with E-state index >= 15 is 0 Å². The number of ether oxygens (including phenoxy) is 1. The van der Waals surface area contributed by atoms with Gasteiger partial charge in [-0.15, -0.1) is 0 Å². The molecule has 6 heteroatoms. The summed E-state index contributed by atoms with van der Waals surface area (Å²) in [5, 5.41) is 12.2. The summed E-state index contributed by atoms with van der Waals surface area (Å²) >= 11 is 0. The van der Waals surface area contributed by atoms with Crippen molar-refractivity contribution in [2.75, 3.05) is 13.2 Å². The molecule has 106 valence electrons. The van der Waals surface area contributed by atoms with Crippen molar-refractivity contribution in [1.29, 1.82) is 0 Å². The summed E-state index contributed by atoms with van der Waals surface area (Å²) in [5.74, 6) is 0.230. The second-order valence-electron chi connectivity index (χ2n) is 4.67. The number of oxazole rings is 1. The Morgan fingerprint density at radius 2 is 2.53 bits per heavy atom. The molecular formula is C13H20N2O4. The molecule has 1 saturated heterocycles. The molecule has 1 aromatic rings. The Balaban J connectivity index is 1.90. The maximum Gasteiger partial charge on any atom is 0.273 e. The average Bonchev–Trinajstić information content (AvgIpc) is 3.08. The number of hydrogen-bond acceptors (Lipinski definition) is 5. The summed E-state index contributed by atoms with van der Waals surface area (Å²) in [6.45, 7) is 3.01. The van der Waals surface area contributed by atoms with E-state index < -0.39 is 0 Å². The Kier molecular flexibility index (Phi) is 4.93. The molecule has 1 aliphatic heterocycles. The minimum absolute atomic E-state index is 0.163. The molecule has 2 heterocycles. The predicted octanol–water partition coefficient (Wildman–Crippen LogP) is 1.42. The average molecular weight is 268 g/mol. The molecule has 2 N–H and O–H groups in total. The first-order valence-corrected chi connectivity index (χ1v) is 6.73. The van der Waals surface area contributed by atoms with E-state index in [1.165, 1.54) is 6.39 Å². The third-order valence-electron chi connectivity index (χ3n) is 3.27. The zero-order valence-electron chi connectivity index (χ0n) is 11.1. The number of rotatable bonds is 6. The van der Waals surface area contributed by atoms with Crippen molar-refractivity contribution in [1.82, 2.24) is 10.3 Å². The van der Waals surface area contributed by atoms with Crippen molar-refractivity contribution in [3.8, 4) is 0 Å². The van der Waals surface area contributed by atoms with Crippen LogP contribution in [-0.2, 0) is 4.74 Å². The molecule has 19 heavy (non-hydrogen) atoms. The molecular weight excluding hydrogens is 248 g/mol. The van der Waals surface area contributed by atoms with Crippen molar-refractivity contribution in [3.63, 3.8) is 0 Å². The number of amides is 1. The minimum atomic E-state index is -0.379. The van der Waals surface area contributed by atoms with Crippen LogP contribution in [0.3, 0.4) is 0 Å². The minimum Gasteiger partial charge on any atom is -0.445 e. The second kappa shape index (κ2) is 6.68. The van der Waals surface area contributed by atoms with E-state index in [0.29, 0.717) is 31.8 Å². The van der Waals surface area contributed by atoms with E-state index in [2.05, 4.69) is 10.3 Å². The van der Waals surface area contributed by atoms with Crippen LogP contribution in [0, 0.1) is 0 Å². The maximum atomic E-state index is 12.0. The van der Waals surface area contributed by atoms with Crippen LogP contribution in [0.25, 0.3) is 0 Å². The lowest BCUT2D eigenvalue weighted by atomic mass is 10.1. The first kappa shape index (κ1) is 14.0. The lowest BCUT2D eigenvalue weighted by Crippen LogP contribution is -2.28. The summed E-state index contributed by atoms with van der Waals surface area (Å²) in [4.78, 5) is 15.9. The summed E-state index contributed by atoms with van der Waals surface area (Å²) in [6, 6.07) is 0. The molecule has 2 atom stereocenters.